The Morgan fingerprint density at radius 2 is 1.78 bits per heavy atom. The maximum Gasteiger partial charge on any atom is 0.228 e. The number of ether oxygens (including phenoxy) is 1. The van der Waals surface area contributed by atoms with Crippen molar-refractivity contribution in [2.75, 3.05) is 36.9 Å². The first-order valence-corrected chi connectivity index (χ1v) is 9.36. The molecule has 0 aromatic carbocycles. The molecule has 0 aliphatic carbocycles. The molecule has 0 radical (unpaired) electrons. The van der Waals surface area contributed by atoms with Gasteiger partial charge in [0.1, 0.15) is 11.2 Å². The summed E-state index contributed by atoms with van der Waals surface area (Å²) in [6.45, 7) is 7.24. The SMILES string of the molecule is CCC(CC)n1cnc2c(-c3cnc(N)nc3)nc(N3CCOCC3)nc21. The summed E-state index contributed by atoms with van der Waals surface area (Å²) >= 11 is 0. The number of nitrogen functional groups attached to an aromatic ring is 1. The molecule has 9 nitrogen and oxygen atoms in total. The van der Waals surface area contributed by atoms with Crippen LogP contribution in [0.4, 0.5) is 11.9 Å². The van der Waals surface area contributed by atoms with Crippen LogP contribution in [0.5, 0.6) is 0 Å². The molecular formula is C18H24N8O. The molecule has 142 valence electrons. The van der Waals surface area contributed by atoms with Crippen LogP contribution in [0, 0.1) is 0 Å². The number of fused-ring (bicyclic) bond motifs is 1. The minimum Gasteiger partial charge on any atom is -0.378 e. The van der Waals surface area contributed by atoms with Gasteiger partial charge in [0.05, 0.1) is 19.5 Å². The van der Waals surface area contributed by atoms with Gasteiger partial charge in [-0.15, -0.1) is 0 Å². The highest BCUT2D eigenvalue weighted by Gasteiger charge is 2.22. The standard InChI is InChI=1S/C18H24N8O/c1-3-13(4-2)26-11-22-15-14(12-9-20-17(19)21-10-12)23-18(24-16(15)26)25-5-7-27-8-6-25/h9-11,13H,3-8H2,1-2H3,(H2,19,20,21). The quantitative estimate of drug-likeness (QED) is 0.729. The van der Waals surface area contributed by atoms with E-state index < -0.39 is 0 Å². The number of aromatic nitrogens is 6. The molecule has 9 heteroatoms. The molecule has 3 aromatic rings. The summed E-state index contributed by atoms with van der Waals surface area (Å²) < 4.78 is 7.63. The topological polar surface area (TPSA) is 108 Å². The highest BCUT2D eigenvalue weighted by atomic mass is 16.5. The third-order valence-corrected chi connectivity index (χ3v) is 4.98. The van der Waals surface area contributed by atoms with E-state index in [1.165, 1.54) is 0 Å². The van der Waals surface area contributed by atoms with Gasteiger partial charge in [0.25, 0.3) is 0 Å². The molecule has 4 heterocycles. The number of hydrogen-bond acceptors (Lipinski definition) is 8. The first-order valence-electron chi connectivity index (χ1n) is 9.36. The van der Waals surface area contributed by atoms with Gasteiger partial charge in [0.2, 0.25) is 11.9 Å². The van der Waals surface area contributed by atoms with Gasteiger partial charge in [-0.25, -0.2) is 19.9 Å². The summed E-state index contributed by atoms with van der Waals surface area (Å²) in [6, 6.07) is 0.345. The van der Waals surface area contributed by atoms with Crippen molar-refractivity contribution in [3.8, 4) is 11.3 Å². The predicted octanol–water partition coefficient (Wildman–Crippen LogP) is 2.06. The van der Waals surface area contributed by atoms with Gasteiger partial charge >= 0.3 is 0 Å². The monoisotopic (exact) mass is 368 g/mol. The van der Waals surface area contributed by atoms with Crippen molar-refractivity contribution < 1.29 is 4.74 Å². The zero-order valence-electron chi connectivity index (χ0n) is 15.7. The average molecular weight is 368 g/mol. The molecule has 1 aliphatic heterocycles. The van der Waals surface area contributed by atoms with Crippen molar-refractivity contribution in [2.45, 2.75) is 32.7 Å². The first kappa shape index (κ1) is 17.6. The first-order chi connectivity index (χ1) is 13.2. The molecule has 27 heavy (non-hydrogen) atoms. The Morgan fingerprint density at radius 3 is 2.44 bits per heavy atom. The van der Waals surface area contributed by atoms with Gasteiger partial charge in [0.15, 0.2) is 5.65 Å². The van der Waals surface area contributed by atoms with Gasteiger partial charge in [-0.3, -0.25) is 0 Å². The number of morpholine rings is 1. The lowest BCUT2D eigenvalue weighted by Crippen LogP contribution is -2.37. The van der Waals surface area contributed by atoms with Crippen LogP contribution in [0.1, 0.15) is 32.7 Å². The zero-order chi connectivity index (χ0) is 18.8. The van der Waals surface area contributed by atoms with Crippen LogP contribution < -0.4 is 10.6 Å². The minimum atomic E-state index is 0.236. The summed E-state index contributed by atoms with van der Waals surface area (Å²) in [5, 5.41) is 0. The lowest BCUT2D eigenvalue weighted by Gasteiger charge is -2.27. The van der Waals surface area contributed by atoms with Crippen molar-refractivity contribution >= 4 is 23.1 Å². The van der Waals surface area contributed by atoms with E-state index in [2.05, 4.69) is 38.3 Å². The summed E-state index contributed by atoms with van der Waals surface area (Å²) in [5.74, 6) is 0.922. The van der Waals surface area contributed by atoms with E-state index in [9.17, 15) is 0 Å². The van der Waals surface area contributed by atoms with Crippen molar-refractivity contribution in [2.24, 2.45) is 0 Å². The van der Waals surface area contributed by atoms with Crippen molar-refractivity contribution in [3.05, 3.63) is 18.7 Å². The maximum atomic E-state index is 5.65. The molecule has 1 saturated heterocycles. The number of hydrogen-bond donors (Lipinski definition) is 1. The van der Waals surface area contributed by atoms with Crippen LogP contribution >= 0.6 is 0 Å². The number of imidazole rings is 1. The normalized spacial score (nSPS) is 15.0. The molecule has 0 atom stereocenters. The third-order valence-electron chi connectivity index (χ3n) is 4.98. The van der Waals surface area contributed by atoms with Crippen LogP contribution in [0.2, 0.25) is 0 Å². The zero-order valence-corrected chi connectivity index (χ0v) is 15.7. The number of nitrogens with two attached hydrogens (primary N) is 1. The third kappa shape index (κ3) is 3.30. The van der Waals surface area contributed by atoms with Gasteiger partial charge < -0.3 is 19.9 Å². The van der Waals surface area contributed by atoms with E-state index in [1.54, 1.807) is 12.4 Å². The summed E-state index contributed by atoms with van der Waals surface area (Å²) in [5.41, 5.74) is 8.75. The number of anilines is 2. The molecular weight excluding hydrogens is 344 g/mol. The van der Waals surface area contributed by atoms with E-state index in [-0.39, 0.29) is 5.95 Å². The van der Waals surface area contributed by atoms with Crippen LogP contribution in [0.15, 0.2) is 18.7 Å². The molecule has 1 fully saturated rings. The molecule has 0 saturated carbocycles. The summed E-state index contributed by atoms with van der Waals surface area (Å²) in [7, 11) is 0. The lowest BCUT2D eigenvalue weighted by molar-refractivity contribution is 0.122. The van der Waals surface area contributed by atoms with Gasteiger partial charge in [-0.1, -0.05) is 13.8 Å². The van der Waals surface area contributed by atoms with E-state index in [4.69, 9.17) is 20.4 Å². The fraction of sp³-hybridized carbons (Fsp3) is 0.500. The van der Waals surface area contributed by atoms with Crippen LogP contribution in [0.25, 0.3) is 22.4 Å². The Morgan fingerprint density at radius 1 is 1.07 bits per heavy atom. The highest BCUT2D eigenvalue weighted by Crippen LogP contribution is 2.30. The van der Waals surface area contributed by atoms with E-state index in [0.717, 1.165) is 48.4 Å². The smallest absolute Gasteiger partial charge is 0.228 e. The Labute approximate surface area is 157 Å². The summed E-state index contributed by atoms with van der Waals surface area (Å²) in [6.07, 6.45) is 7.26. The van der Waals surface area contributed by atoms with Crippen molar-refractivity contribution in [3.63, 3.8) is 0 Å². The predicted molar refractivity (Wildman–Crippen MR) is 103 cm³/mol. The lowest BCUT2D eigenvalue weighted by atomic mass is 10.1. The number of rotatable bonds is 5. The van der Waals surface area contributed by atoms with Crippen molar-refractivity contribution in [1.29, 1.82) is 0 Å². The van der Waals surface area contributed by atoms with Crippen LogP contribution in [0.3, 0.4) is 0 Å². The fourth-order valence-corrected chi connectivity index (χ4v) is 3.42. The Kier molecular flexibility index (Phi) is 4.85. The molecule has 3 aromatic heterocycles. The minimum absolute atomic E-state index is 0.236. The van der Waals surface area contributed by atoms with Gasteiger partial charge in [-0.05, 0) is 12.8 Å². The van der Waals surface area contributed by atoms with Gasteiger partial charge in [0, 0.05) is 37.1 Å². The molecule has 0 bridgehead atoms. The molecule has 1 aliphatic rings. The Bertz CT molecular complexity index is 913. The second-order valence-electron chi connectivity index (χ2n) is 6.60. The second-order valence-corrected chi connectivity index (χ2v) is 6.60. The largest absolute Gasteiger partial charge is 0.378 e. The molecule has 0 unspecified atom stereocenters. The number of nitrogens with zero attached hydrogens (tertiary/aromatic N) is 7. The van der Waals surface area contributed by atoms with Crippen LogP contribution in [-0.2, 0) is 4.74 Å². The Hall–Kier alpha value is -2.81. The second kappa shape index (κ2) is 7.43. The maximum absolute atomic E-state index is 5.65. The van der Waals surface area contributed by atoms with Gasteiger partial charge in [-0.2, -0.15) is 4.98 Å². The summed E-state index contributed by atoms with van der Waals surface area (Å²) in [4.78, 5) is 24.7. The van der Waals surface area contributed by atoms with E-state index in [0.29, 0.717) is 25.2 Å². The Balaban J connectivity index is 1.90. The molecule has 0 amide bonds. The highest BCUT2D eigenvalue weighted by molar-refractivity contribution is 5.88. The van der Waals surface area contributed by atoms with E-state index >= 15 is 0 Å². The molecule has 4 rings (SSSR count). The molecule has 0 spiro atoms. The van der Waals surface area contributed by atoms with Crippen molar-refractivity contribution in [1.82, 2.24) is 29.5 Å². The molecule has 2 N–H and O–H groups in total. The van der Waals surface area contributed by atoms with E-state index in [1.807, 2.05) is 6.33 Å². The van der Waals surface area contributed by atoms with Crippen LogP contribution in [-0.4, -0.2) is 55.8 Å². The average Bonchev–Trinajstić information content (AvgIpc) is 3.14. The fourth-order valence-electron chi connectivity index (χ4n) is 3.42.